The largest absolute Gasteiger partial charge is 0.483 e. The second kappa shape index (κ2) is 11.5. The highest BCUT2D eigenvalue weighted by molar-refractivity contribution is 9.10. The molecule has 0 aromatic heterocycles. The van der Waals surface area contributed by atoms with E-state index in [0.717, 1.165) is 41.3 Å². The smallest absolute Gasteiger partial charge is 0.261 e. The molecule has 1 aliphatic rings. The average Bonchev–Trinajstić information content (AvgIpc) is 3.29. The van der Waals surface area contributed by atoms with Crippen molar-refractivity contribution in [2.75, 3.05) is 6.61 Å². The Balaban J connectivity index is 1.73. The lowest BCUT2D eigenvalue weighted by Gasteiger charge is -2.30. The number of ether oxygens (including phenoxy) is 1. The van der Waals surface area contributed by atoms with E-state index in [0.29, 0.717) is 12.3 Å². The Kier molecular flexibility index (Phi) is 8.74. The molecule has 0 heterocycles. The molecule has 32 heavy (non-hydrogen) atoms. The van der Waals surface area contributed by atoms with E-state index in [4.69, 9.17) is 4.74 Å². The Morgan fingerprint density at radius 3 is 2.38 bits per heavy atom. The van der Waals surface area contributed by atoms with Gasteiger partial charge in [-0.15, -0.1) is 0 Å². The molecule has 1 fully saturated rings. The van der Waals surface area contributed by atoms with Crippen molar-refractivity contribution in [3.63, 3.8) is 0 Å². The highest BCUT2D eigenvalue weighted by Crippen LogP contribution is 2.26. The lowest BCUT2D eigenvalue weighted by Crippen LogP contribution is -2.50. The van der Waals surface area contributed by atoms with Gasteiger partial charge in [-0.05, 0) is 55.0 Å². The molecular formula is C26H33BrN2O3. The number of carbonyl (C=O) groups excluding carboxylic acids is 2. The fraction of sp³-hybridized carbons (Fsp3) is 0.462. The van der Waals surface area contributed by atoms with Gasteiger partial charge in [-0.2, -0.15) is 0 Å². The van der Waals surface area contributed by atoms with Crippen molar-refractivity contribution in [3.05, 3.63) is 64.1 Å². The Hall–Kier alpha value is -2.34. The third-order valence-corrected chi connectivity index (χ3v) is 6.56. The van der Waals surface area contributed by atoms with Gasteiger partial charge in [0.2, 0.25) is 5.91 Å². The summed E-state index contributed by atoms with van der Waals surface area (Å²) in [7, 11) is 0. The summed E-state index contributed by atoms with van der Waals surface area (Å²) in [5, 5.41) is 3.13. The molecule has 0 aliphatic heterocycles. The lowest BCUT2D eigenvalue weighted by molar-refractivity contribution is -0.142. The first kappa shape index (κ1) is 24.3. The van der Waals surface area contributed by atoms with Crippen molar-refractivity contribution in [1.82, 2.24) is 10.2 Å². The van der Waals surface area contributed by atoms with Crippen LogP contribution in [0.2, 0.25) is 0 Å². The predicted octanol–water partition coefficient (Wildman–Crippen LogP) is 5.43. The Labute approximate surface area is 199 Å². The number of nitrogens with one attached hydrogen (secondary N) is 1. The molecule has 2 amide bonds. The Morgan fingerprint density at radius 1 is 1.06 bits per heavy atom. The van der Waals surface area contributed by atoms with Crippen LogP contribution in [-0.2, 0) is 16.1 Å². The van der Waals surface area contributed by atoms with Gasteiger partial charge in [0, 0.05) is 17.1 Å². The summed E-state index contributed by atoms with van der Waals surface area (Å²) < 4.78 is 6.90. The summed E-state index contributed by atoms with van der Waals surface area (Å²) in [5.74, 6) is 0.685. The van der Waals surface area contributed by atoms with Gasteiger partial charge in [0.1, 0.15) is 11.8 Å². The lowest BCUT2D eigenvalue weighted by atomic mass is 10.0. The number of amides is 2. The number of hydrogen-bond acceptors (Lipinski definition) is 3. The van der Waals surface area contributed by atoms with Crippen LogP contribution in [0, 0.1) is 0 Å². The Bertz CT molecular complexity index is 908. The van der Waals surface area contributed by atoms with E-state index in [1.54, 1.807) is 11.8 Å². The van der Waals surface area contributed by atoms with Crippen LogP contribution >= 0.6 is 15.9 Å². The van der Waals surface area contributed by atoms with Crippen molar-refractivity contribution in [2.24, 2.45) is 0 Å². The van der Waals surface area contributed by atoms with Gasteiger partial charge in [0.05, 0.1) is 0 Å². The van der Waals surface area contributed by atoms with Crippen molar-refractivity contribution in [3.8, 4) is 5.75 Å². The first-order chi connectivity index (χ1) is 15.3. The zero-order valence-corrected chi connectivity index (χ0v) is 20.7. The number of hydrogen-bond donors (Lipinski definition) is 1. The maximum atomic E-state index is 13.3. The topological polar surface area (TPSA) is 58.6 Å². The molecule has 172 valence electrons. The number of para-hydroxylation sites is 1. The molecule has 0 unspecified atom stereocenters. The van der Waals surface area contributed by atoms with E-state index in [2.05, 4.69) is 35.1 Å². The monoisotopic (exact) mass is 500 g/mol. The zero-order valence-electron chi connectivity index (χ0n) is 19.1. The summed E-state index contributed by atoms with van der Waals surface area (Å²) in [4.78, 5) is 27.8. The van der Waals surface area contributed by atoms with Crippen LogP contribution < -0.4 is 10.1 Å². The van der Waals surface area contributed by atoms with Crippen molar-refractivity contribution >= 4 is 27.7 Å². The number of nitrogens with zero attached hydrogens (tertiary/aromatic N) is 1. The molecule has 2 aromatic carbocycles. The third-order valence-electron chi connectivity index (χ3n) is 6.03. The second-order valence-corrected chi connectivity index (χ2v) is 9.71. The summed E-state index contributed by atoms with van der Waals surface area (Å²) >= 11 is 3.45. The summed E-state index contributed by atoms with van der Waals surface area (Å²) in [6.07, 6.45) is 4.30. The molecule has 0 spiro atoms. The molecule has 5 nitrogen and oxygen atoms in total. The Morgan fingerprint density at radius 2 is 1.72 bits per heavy atom. The van der Waals surface area contributed by atoms with Crippen LogP contribution in [0.3, 0.4) is 0 Å². The molecule has 1 N–H and O–H groups in total. The quantitative estimate of drug-likeness (QED) is 0.499. The predicted molar refractivity (Wildman–Crippen MR) is 131 cm³/mol. The summed E-state index contributed by atoms with van der Waals surface area (Å²) in [6.45, 7) is 6.23. The zero-order chi connectivity index (χ0) is 23.1. The number of halogens is 1. The normalized spacial score (nSPS) is 14.9. The molecule has 3 rings (SSSR count). The van der Waals surface area contributed by atoms with Crippen LogP contribution in [0.15, 0.2) is 53.0 Å². The van der Waals surface area contributed by atoms with E-state index in [9.17, 15) is 9.59 Å². The van der Waals surface area contributed by atoms with Gasteiger partial charge in [-0.1, -0.05) is 73.0 Å². The number of rotatable bonds is 9. The van der Waals surface area contributed by atoms with E-state index >= 15 is 0 Å². The van der Waals surface area contributed by atoms with Gasteiger partial charge >= 0.3 is 0 Å². The number of carbonyl (C=O) groups is 2. The van der Waals surface area contributed by atoms with Crippen LogP contribution in [0.25, 0.3) is 0 Å². The second-order valence-electron chi connectivity index (χ2n) is 8.80. The first-order valence-electron chi connectivity index (χ1n) is 11.4. The van der Waals surface area contributed by atoms with E-state index in [-0.39, 0.29) is 30.4 Å². The third kappa shape index (κ3) is 6.58. The summed E-state index contributed by atoms with van der Waals surface area (Å²) in [6, 6.07) is 15.2. The van der Waals surface area contributed by atoms with Crippen LogP contribution in [0.5, 0.6) is 5.75 Å². The van der Waals surface area contributed by atoms with Crippen molar-refractivity contribution < 1.29 is 14.3 Å². The van der Waals surface area contributed by atoms with E-state index in [1.807, 2.05) is 48.5 Å². The van der Waals surface area contributed by atoms with E-state index < -0.39 is 6.04 Å². The molecule has 6 heteroatoms. The van der Waals surface area contributed by atoms with Gasteiger partial charge < -0.3 is 15.0 Å². The van der Waals surface area contributed by atoms with Gasteiger partial charge in [-0.3, -0.25) is 9.59 Å². The molecular weight excluding hydrogens is 468 g/mol. The minimum absolute atomic E-state index is 0.107. The van der Waals surface area contributed by atoms with Crippen molar-refractivity contribution in [2.45, 2.75) is 71.0 Å². The fourth-order valence-corrected chi connectivity index (χ4v) is 4.34. The molecule has 1 atom stereocenters. The van der Waals surface area contributed by atoms with Crippen LogP contribution in [-0.4, -0.2) is 35.4 Å². The standard InChI is InChI=1S/C26H33BrN2O3/c1-18(2)23-10-6-7-11-24(23)32-17-25(30)29(16-20-12-14-21(27)15-13-20)19(3)26(31)28-22-8-4-5-9-22/h6-7,10-15,18-19,22H,4-5,8-9,16-17H2,1-3H3,(H,28,31)/t19-/m0/s1. The summed E-state index contributed by atoms with van der Waals surface area (Å²) in [5.41, 5.74) is 2.02. The molecule has 1 aliphatic carbocycles. The number of benzene rings is 2. The molecule has 0 radical (unpaired) electrons. The average molecular weight is 501 g/mol. The first-order valence-corrected chi connectivity index (χ1v) is 12.2. The maximum absolute atomic E-state index is 13.3. The van der Waals surface area contributed by atoms with Gasteiger partial charge in [0.25, 0.3) is 5.91 Å². The highest BCUT2D eigenvalue weighted by Gasteiger charge is 2.29. The SMILES string of the molecule is CC(C)c1ccccc1OCC(=O)N(Cc1ccc(Br)cc1)[C@@H](C)C(=O)NC1CCCC1. The van der Waals surface area contributed by atoms with Crippen LogP contribution in [0.4, 0.5) is 0 Å². The fourth-order valence-electron chi connectivity index (χ4n) is 4.07. The molecule has 0 saturated heterocycles. The molecule has 0 bridgehead atoms. The van der Waals surface area contributed by atoms with Crippen LogP contribution in [0.1, 0.15) is 63.5 Å². The van der Waals surface area contributed by atoms with Gasteiger partial charge in [0.15, 0.2) is 6.61 Å². The van der Waals surface area contributed by atoms with Gasteiger partial charge in [-0.25, -0.2) is 0 Å². The highest BCUT2D eigenvalue weighted by atomic mass is 79.9. The van der Waals surface area contributed by atoms with E-state index in [1.165, 1.54) is 0 Å². The molecule has 2 aromatic rings. The minimum Gasteiger partial charge on any atom is -0.483 e. The molecule has 1 saturated carbocycles. The van der Waals surface area contributed by atoms with Crippen molar-refractivity contribution in [1.29, 1.82) is 0 Å². The minimum atomic E-state index is -0.587. The maximum Gasteiger partial charge on any atom is 0.261 e.